The van der Waals surface area contributed by atoms with E-state index in [-0.39, 0.29) is 5.75 Å². The highest BCUT2D eigenvalue weighted by Gasteiger charge is 2.49. The molecule has 0 amide bonds. The molecule has 0 N–H and O–H groups in total. The van der Waals surface area contributed by atoms with Crippen LogP contribution in [0.15, 0.2) is 23.3 Å². The third-order valence-electron chi connectivity index (χ3n) is 2.48. The summed E-state index contributed by atoms with van der Waals surface area (Å²) < 4.78 is 63.2. The molecule has 0 unspecified atom stereocenters. The molecule has 0 spiro atoms. The molecule has 0 saturated heterocycles. The van der Waals surface area contributed by atoms with Crippen LogP contribution in [0.25, 0.3) is 0 Å². The Balaban J connectivity index is 4.65. The average molecular weight is 348 g/mol. The molecule has 0 aromatic carbocycles. The second kappa shape index (κ2) is 7.69. The van der Waals surface area contributed by atoms with Crippen molar-refractivity contribution in [2.45, 2.75) is 39.1 Å². The lowest BCUT2D eigenvalue weighted by Crippen LogP contribution is -2.27. The third-order valence-corrected chi connectivity index (χ3v) is 6.21. The van der Waals surface area contributed by atoms with Gasteiger partial charge in [0.25, 0.3) is 0 Å². The van der Waals surface area contributed by atoms with E-state index < -0.39 is 25.9 Å². The number of halogens is 3. The Labute approximate surface area is 126 Å². The predicted molar refractivity (Wildman–Crippen MR) is 82.8 cm³/mol. The van der Waals surface area contributed by atoms with E-state index in [0.717, 1.165) is 18.4 Å². The molecule has 0 aromatic rings. The van der Waals surface area contributed by atoms with Crippen LogP contribution in [0.1, 0.15) is 33.6 Å². The SMILES string of the molecule is CC(C)=CCC/C(C)=C/CS(C)(C)OS(=O)(=O)C(F)(F)F. The van der Waals surface area contributed by atoms with Gasteiger partial charge in [-0.15, -0.1) is 10.3 Å². The van der Waals surface area contributed by atoms with E-state index in [0.29, 0.717) is 0 Å². The van der Waals surface area contributed by atoms with Gasteiger partial charge in [0.1, 0.15) is 0 Å². The molecular formula is C13H23F3O3S2. The Hall–Kier alpha value is -0.470. The summed E-state index contributed by atoms with van der Waals surface area (Å²) in [6.45, 7) is 5.84. The van der Waals surface area contributed by atoms with Crippen molar-refractivity contribution in [1.82, 2.24) is 0 Å². The largest absolute Gasteiger partial charge is 0.523 e. The monoisotopic (exact) mass is 348 g/mol. The van der Waals surface area contributed by atoms with Crippen molar-refractivity contribution in [1.29, 1.82) is 0 Å². The summed E-state index contributed by atoms with van der Waals surface area (Å²) in [5.74, 6) is 0.170. The Morgan fingerprint density at radius 1 is 1.10 bits per heavy atom. The van der Waals surface area contributed by atoms with Gasteiger partial charge in [0.05, 0.1) is 0 Å². The molecule has 3 nitrogen and oxygen atoms in total. The van der Waals surface area contributed by atoms with Crippen molar-refractivity contribution >= 4 is 20.4 Å². The van der Waals surface area contributed by atoms with Crippen LogP contribution in [0, 0.1) is 0 Å². The highest BCUT2D eigenvalue weighted by Crippen LogP contribution is 2.46. The standard InChI is InChI=1S/C13H23F3O3S2/c1-11(2)7-6-8-12(3)9-10-20(4,5)19-21(17,18)13(14,15)16/h7,9H,6,8,10H2,1-5H3/b12-9+. The van der Waals surface area contributed by atoms with Crippen LogP contribution in [0.4, 0.5) is 13.2 Å². The van der Waals surface area contributed by atoms with Gasteiger partial charge in [-0.25, -0.2) is 3.63 Å². The normalized spacial score (nSPS) is 15.0. The summed E-state index contributed by atoms with van der Waals surface area (Å²) in [7, 11) is -7.89. The molecule has 0 rings (SSSR count). The topological polar surface area (TPSA) is 43.4 Å². The second-order valence-electron chi connectivity index (χ2n) is 5.44. The number of allylic oxidation sites excluding steroid dienone is 3. The molecule has 21 heavy (non-hydrogen) atoms. The van der Waals surface area contributed by atoms with Crippen molar-refractivity contribution in [3.05, 3.63) is 23.3 Å². The summed E-state index contributed by atoms with van der Waals surface area (Å²) in [6.07, 6.45) is 8.25. The summed E-state index contributed by atoms with van der Waals surface area (Å²) in [4.78, 5) is 0. The molecule has 0 aliphatic carbocycles. The first-order valence-corrected chi connectivity index (χ1v) is 10.2. The molecule has 0 atom stereocenters. The first-order chi connectivity index (χ1) is 9.27. The third kappa shape index (κ3) is 8.53. The van der Waals surface area contributed by atoms with E-state index in [4.69, 9.17) is 0 Å². The van der Waals surface area contributed by atoms with Gasteiger partial charge in [-0.05, 0) is 46.1 Å². The Bertz CT molecular complexity index is 499. The maximum absolute atomic E-state index is 12.3. The van der Waals surface area contributed by atoms with Crippen molar-refractivity contribution in [2.24, 2.45) is 0 Å². The van der Waals surface area contributed by atoms with Gasteiger partial charge < -0.3 is 0 Å². The second-order valence-corrected chi connectivity index (χ2v) is 10.6. The minimum absolute atomic E-state index is 0.170. The Morgan fingerprint density at radius 2 is 1.62 bits per heavy atom. The van der Waals surface area contributed by atoms with Crippen LogP contribution in [-0.2, 0) is 13.7 Å². The lowest BCUT2D eigenvalue weighted by atomic mass is 10.1. The molecule has 0 saturated carbocycles. The van der Waals surface area contributed by atoms with Crippen molar-refractivity contribution in [3.63, 3.8) is 0 Å². The molecule has 0 aliphatic heterocycles. The Kier molecular flexibility index (Phi) is 7.52. The Morgan fingerprint density at radius 3 is 2.05 bits per heavy atom. The van der Waals surface area contributed by atoms with E-state index in [1.165, 1.54) is 18.1 Å². The van der Waals surface area contributed by atoms with Crippen LogP contribution >= 0.6 is 10.3 Å². The lowest BCUT2D eigenvalue weighted by molar-refractivity contribution is -0.0495. The molecule has 0 fully saturated rings. The minimum atomic E-state index is -5.53. The molecule has 0 heterocycles. The summed E-state index contributed by atoms with van der Waals surface area (Å²) in [6, 6.07) is 0. The average Bonchev–Trinajstić information content (AvgIpc) is 2.23. The zero-order valence-corrected chi connectivity index (χ0v) is 14.6. The maximum atomic E-state index is 12.3. The highest BCUT2D eigenvalue weighted by atomic mass is 32.3. The van der Waals surface area contributed by atoms with Gasteiger partial charge in [-0.3, -0.25) is 0 Å². The fraction of sp³-hybridized carbons (Fsp3) is 0.692. The fourth-order valence-electron chi connectivity index (χ4n) is 1.34. The smallest absolute Gasteiger partial charge is 0.213 e. The van der Waals surface area contributed by atoms with E-state index in [1.54, 1.807) is 6.08 Å². The zero-order valence-electron chi connectivity index (χ0n) is 13.0. The van der Waals surface area contributed by atoms with Crippen molar-refractivity contribution in [3.8, 4) is 0 Å². The van der Waals surface area contributed by atoms with Gasteiger partial charge >= 0.3 is 15.6 Å². The van der Waals surface area contributed by atoms with Crippen LogP contribution in [-0.4, -0.2) is 32.2 Å². The molecule has 0 radical (unpaired) electrons. The zero-order chi connectivity index (χ0) is 16.9. The minimum Gasteiger partial charge on any atom is -0.213 e. The fourth-order valence-corrected chi connectivity index (χ4v) is 4.50. The van der Waals surface area contributed by atoms with E-state index >= 15 is 0 Å². The first-order valence-electron chi connectivity index (χ1n) is 6.29. The van der Waals surface area contributed by atoms with Gasteiger partial charge in [0.15, 0.2) is 0 Å². The molecular weight excluding hydrogens is 325 g/mol. The maximum Gasteiger partial charge on any atom is 0.523 e. The number of hydrogen-bond donors (Lipinski definition) is 0. The molecule has 0 bridgehead atoms. The van der Waals surface area contributed by atoms with Gasteiger partial charge in [0, 0.05) is 5.75 Å². The summed E-state index contributed by atoms with van der Waals surface area (Å²) in [5, 5.41) is 0. The van der Waals surface area contributed by atoms with Gasteiger partial charge in [-0.1, -0.05) is 23.3 Å². The molecule has 0 aromatic heterocycles. The summed E-state index contributed by atoms with van der Waals surface area (Å²) >= 11 is 0. The van der Waals surface area contributed by atoms with Crippen molar-refractivity contribution < 1.29 is 25.2 Å². The van der Waals surface area contributed by atoms with Crippen LogP contribution in [0.5, 0.6) is 0 Å². The van der Waals surface area contributed by atoms with Crippen LogP contribution in [0.3, 0.4) is 0 Å². The van der Waals surface area contributed by atoms with Crippen LogP contribution in [0.2, 0.25) is 0 Å². The summed E-state index contributed by atoms with van der Waals surface area (Å²) in [5.41, 5.74) is -3.17. The number of hydrogen-bond acceptors (Lipinski definition) is 3. The lowest BCUT2D eigenvalue weighted by Gasteiger charge is -2.29. The van der Waals surface area contributed by atoms with Gasteiger partial charge in [0.2, 0.25) is 0 Å². The van der Waals surface area contributed by atoms with E-state index in [2.05, 4.69) is 9.71 Å². The molecule has 8 heteroatoms. The predicted octanol–water partition coefficient (Wildman–Crippen LogP) is 4.52. The quantitative estimate of drug-likeness (QED) is 0.502. The van der Waals surface area contributed by atoms with Crippen molar-refractivity contribution in [2.75, 3.05) is 18.3 Å². The number of rotatable bonds is 7. The van der Waals surface area contributed by atoms with E-state index in [9.17, 15) is 21.6 Å². The van der Waals surface area contributed by atoms with Gasteiger partial charge in [-0.2, -0.15) is 21.6 Å². The highest BCUT2D eigenvalue weighted by molar-refractivity contribution is 8.32. The first kappa shape index (κ1) is 20.5. The van der Waals surface area contributed by atoms with Crippen LogP contribution < -0.4 is 0 Å². The molecule has 126 valence electrons. The van der Waals surface area contributed by atoms with E-state index in [1.807, 2.05) is 20.8 Å². The molecule has 0 aliphatic rings. The number of alkyl halides is 3.